The number of nitrogens with one attached hydrogen (secondary N) is 1. The predicted octanol–water partition coefficient (Wildman–Crippen LogP) is 2.55. The summed E-state index contributed by atoms with van der Waals surface area (Å²) in [5.41, 5.74) is 0. The smallest absolute Gasteiger partial charge is 0.323 e. The van der Waals surface area contributed by atoms with Gasteiger partial charge in [-0.3, -0.25) is 4.79 Å². The van der Waals surface area contributed by atoms with E-state index < -0.39 is 12.5 Å². The predicted molar refractivity (Wildman–Crippen MR) is 76.5 cm³/mol. The van der Waals surface area contributed by atoms with E-state index in [1.807, 2.05) is 30.3 Å². The van der Waals surface area contributed by atoms with Crippen molar-refractivity contribution in [1.82, 2.24) is 5.09 Å². The number of ether oxygens (including phenoxy) is 1. The van der Waals surface area contributed by atoms with E-state index in [2.05, 4.69) is 5.09 Å². The molecule has 18 heavy (non-hydrogen) atoms. The number of rotatable bonds is 6. The molecule has 4 nitrogen and oxygen atoms in total. The lowest BCUT2D eigenvalue weighted by molar-refractivity contribution is -0.144. The van der Waals surface area contributed by atoms with Crippen molar-refractivity contribution in [2.24, 2.45) is 0 Å². The Morgan fingerprint density at radius 2 is 2.06 bits per heavy atom. The van der Waals surface area contributed by atoms with Crippen LogP contribution in [0.25, 0.3) is 0 Å². The number of carbonyl (C=O) groups is 1. The van der Waals surface area contributed by atoms with E-state index in [1.54, 1.807) is 20.5 Å². The van der Waals surface area contributed by atoms with Crippen molar-refractivity contribution in [1.29, 1.82) is 0 Å². The molecule has 6 heteroatoms. The summed E-state index contributed by atoms with van der Waals surface area (Å²) in [4.78, 5) is 11.5. The molecule has 0 amide bonds. The van der Waals surface area contributed by atoms with Gasteiger partial charge < -0.3 is 9.26 Å². The molecule has 0 aliphatic rings. The van der Waals surface area contributed by atoms with Gasteiger partial charge in [0.25, 0.3) is 0 Å². The second-order valence-corrected chi connectivity index (χ2v) is 8.08. The van der Waals surface area contributed by atoms with Crippen LogP contribution in [0.1, 0.15) is 13.8 Å². The Morgan fingerprint density at radius 1 is 1.44 bits per heavy atom. The molecule has 0 spiro atoms. The van der Waals surface area contributed by atoms with E-state index in [4.69, 9.17) is 21.1 Å². The van der Waals surface area contributed by atoms with E-state index in [0.29, 0.717) is 12.4 Å². The molecule has 1 aromatic carbocycles. The first-order valence-electron chi connectivity index (χ1n) is 5.71. The molecular weight excluding hydrogens is 269 g/mol. The van der Waals surface area contributed by atoms with Gasteiger partial charge in [-0.15, -0.1) is 0 Å². The number of benzene rings is 1. The maximum absolute atomic E-state index is 11.5. The van der Waals surface area contributed by atoms with E-state index in [1.165, 1.54) is 0 Å². The van der Waals surface area contributed by atoms with Gasteiger partial charge in [-0.1, -0.05) is 18.2 Å². The van der Waals surface area contributed by atoms with Crippen molar-refractivity contribution in [3.05, 3.63) is 30.3 Å². The van der Waals surface area contributed by atoms with Crippen LogP contribution in [0.15, 0.2) is 30.3 Å². The van der Waals surface area contributed by atoms with Crippen LogP contribution >= 0.6 is 6.42 Å². The zero-order chi connectivity index (χ0) is 13.6. The fraction of sp³-hybridized carbons (Fsp3) is 0.417. The minimum atomic E-state index is -2.27. The summed E-state index contributed by atoms with van der Waals surface area (Å²) in [6.07, 6.45) is -2.27. The van der Waals surface area contributed by atoms with E-state index in [9.17, 15) is 4.79 Å². The molecule has 0 radical (unpaired) electrons. The standard InChI is InChI=1S/C12H18NO3PS/c1-4-15-12(14)10(2)13-17(3,18)16-11-8-6-5-7-9-11/h5-10H,4H2,1-3H3,(H,13,18)/t10-,17?/m1/s1. The lowest BCUT2D eigenvalue weighted by atomic mass is 10.3. The van der Waals surface area contributed by atoms with E-state index in [0.717, 1.165) is 0 Å². The lowest BCUT2D eigenvalue weighted by Gasteiger charge is -2.23. The molecular formula is C12H18NO3PS. The van der Waals surface area contributed by atoms with Gasteiger partial charge in [-0.2, -0.15) is 0 Å². The number of hydrogen-bond donors (Lipinski definition) is 1. The summed E-state index contributed by atoms with van der Waals surface area (Å²) in [5, 5.41) is 3.02. The van der Waals surface area contributed by atoms with Crippen LogP contribution < -0.4 is 9.61 Å². The molecule has 1 N–H and O–H groups in total. The highest BCUT2D eigenvalue weighted by molar-refractivity contribution is 8.11. The first-order valence-corrected chi connectivity index (χ1v) is 8.88. The maximum atomic E-state index is 11.5. The summed E-state index contributed by atoms with van der Waals surface area (Å²) >= 11 is 5.38. The van der Waals surface area contributed by atoms with E-state index >= 15 is 0 Å². The minimum Gasteiger partial charge on any atom is -0.465 e. The third kappa shape index (κ3) is 5.17. The van der Waals surface area contributed by atoms with Gasteiger partial charge in [0, 0.05) is 6.66 Å². The summed E-state index contributed by atoms with van der Waals surface area (Å²) in [7, 11) is 0. The van der Waals surface area contributed by atoms with Gasteiger partial charge in [0.15, 0.2) is 6.42 Å². The van der Waals surface area contributed by atoms with Gasteiger partial charge in [-0.05, 0) is 37.8 Å². The Hall–Kier alpha value is -0.900. The Balaban J connectivity index is 2.59. The van der Waals surface area contributed by atoms with Crippen molar-refractivity contribution in [2.45, 2.75) is 19.9 Å². The summed E-state index contributed by atoms with van der Waals surface area (Å²) < 4.78 is 10.6. The second kappa shape index (κ2) is 6.88. The fourth-order valence-electron chi connectivity index (χ4n) is 1.38. The normalized spacial score (nSPS) is 15.5. The van der Waals surface area contributed by atoms with Crippen molar-refractivity contribution in [2.75, 3.05) is 13.3 Å². The SMILES string of the molecule is CCOC(=O)[C@@H](C)NP(C)(=S)Oc1ccccc1. The Labute approximate surface area is 113 Å². The van der Waals surface area contributed by atoms with Crippen LogP contribution in [-0.4, -0.2) is 25.3 Å². The highest BCUT2D eigenvalue weighted by Gasteiger charge is 2.21. The minimum absolute atomic E-state index is 0.315. The molecule has 0 heterocycles. The largest absolute Gasteiger partial charge is 0.465 e. The van der Waals surface area contributed by atoms with Crippen molar-refractivity contribution >= 4 is 24.2 Å². The molecule has 1 unspecified atom stereocenters. The van der Waals surface area contributed by atoms with Crippen molar-refractivity contribution in [3.8, 4) is 5.75 Å². The van der Waals surface area contributed by atoms with Crippen LogP contribution in [0, 0.1) is 0 Å². The molecule has 0 fully saturated rings. The first-order chi connectivity index (χ1) is 8.44. The van der Waals surface area contributed by atoms with Gasteiger partial charge in [-0.25, -0.2) is 5.09 Å². The third-order valence-electron chi connectivity index (χ3n) is 2.09. The molecule has 100 valence electrons. The number of esters is 1. The quantitative estimate of drug-likeness (QED) is 0.643. The topological polar surface area (TPSA) is 47.6 Å². The molecule has 2 atom stereocenters. The summed E-state index contributed by atoms with van der Waals surface area (Å²) in [6, 6.07) is 8.85. The fourth-order valence-corrected chi connectivity index (χ4v) is 3.50. The Morgan fingerprint density at radius 3 is 2.61 bits per heavy atom. The van der Waals surface area contributed by atoms with Gasteiger partial charge >= 0.3 is 5.97 Å². The average molecular weight is 287 g/mol. The molecule has 0 aliphatic heterocycles. The van der Waals surface area contributed by atoms with Gasteiger partial charge in [0.2, 0.25) is 0 Å². The number of hydrogen-bond acceptors (Lipinski definition) is 4. The van der Waals surface area contributed by atoms with Crippen LogP contribution in [0.2, 0.25) is 0 Å². The Bertz CT molecular complexity index is 438. The Kier molecular flexibility index (Phi) is 5.79. The van der Waals surface area contributed by atoms with Crippen LogP contribution in [0.4, 0.5) is 0 Å². The molecule has 0 saturated carbocycles. The van der Waals surface area contributed by atoms with Crippen LogP contribution in [-0.2, 0) is 21.3 Å². The maximum Gasteiger partial charge on any atom is 0.323 e. The highest BCUT2D eigenvalue weighted by atomic mass is 32.4. The molecule has 0 saturated heterocycles. The third-order valence-corrected chi connectivity index (χ3v) is 4.05. The van der Waals surface area contributed by atoms with Crippen molar-refractivity contribution < 1.29 is 14.1 Å². The second-order valence-electron chi connectivity index (χ2n) is 3.85. The summed E-state index contributed by atoms with van der Waals surface area (Å²) in [6.45, 7) is 5.64. The van der Waals surface area contributed by atoms with Gasteiger partial charge in [0.1, 0.15) is 11.8 Å². The molecule has 0 aliphatic carbocycles. The molecule has 1 rings (SSSR count). The zero-order valence-corrected chi connectivity index (χ0v) is 12.5. The monoisotopic (exact) mass is 287 g/mol. The highest BCUT2D eigenvalue weighted by Crippen LogP contribution is 2.39. The average Bonchev–Trinajstić information content (AvgIpc) is 2.29. The first kappa shape index (κ1) is 15.2. The summed E-state index contributed by atoms with van der Waals surface area (Å²) in [5.74, 6) is 0.386. The van der Waals surface area contributed by atoms with Gasteiger partial charge in [0.05, 0.1) is 6.61 Å². The zero-order valence-electron chi connectivity index (χ0n) is 10.8. The molecule has 0 bridgehead atoms. The van der Waals surface area contributed by atoms with Crippen LogP contribution in [0.3, 0.4) is 0 Å². The molecule has 0 aromatic heterocycles. The lowest BCUT2D eigenvalue weighted by Crippen LogP contribution is -2.34. The number of para-hydroxylation sites is 1. The number of carbonyl (C=O) groups excluding carboxylic acids is 1. The van der Waals surface area contributed by atoms with E-state index in [-0.39, 0.29) is 5.97 Å². The van der Waals surface area contributed by atoms with Crippen molar-refractivity contribution in [3.63, 3.8) is 0 Å². The molecule has 1 aromatic rings. The van der Waals surface area contributed by atoms with Crippen LogP contribution in [0.5, 0.6) is 5.75 Å².